The molecule has 0 unspecified atom stereocenters. The Morgan fingerprint density at radius 1 is 1.14 bits per heavy atom. The number of nitrogens with zero attached hydrogens (tertiary/aromatic N) is 2. The van der Waals surface area contributed by atoms with E-state index < -0.39 is 35.3 Å². The molecule has 1 saturated carbocycles. The predicted molar refractivity (Wildman–Crippen MR) is 108 cm³/mol. The highest BCUT2D eigenvalue weighted by molar-refractivity contribution is 6.05. The van der Waals surface area contributed by atoms with E-state index in [1.54, 1.807) is 26.0 Å². The first-order valence-electron chi connectivity index (χ1n) is 9.71. The molecule has 8 nitrogen and oxygen atoms in total. The van der Waals surface area contributed by atoms with Crippen LogP contribution in [0.15, 0.2) is 29.4 Å². The van der Waals surface area contributed by atoms with Crippen molar-refractivity contribution in [2.24, 2.45) is 17.0 Å². The van der Waals surface area contributed by atoms with Gasteiger partial charge in [-0.15, -0.1) is 0 Å². The van der Waals surface area contributed by atoms with Gasteiger partial charge in [0.15, 0.2) is 0 Å². The monoisotopic (exact) mass is 406 g/mol. The lowest BCUT2D eigenvalue weighted by atomic mass is 9.61. The summed E-state index contributed by atoms with van der Waals surface area (Å²) in [6, 6.07) is 7.32. The van der Waals surface area contributed by atoms with Gasteiger partial charge in [0.25, 0.3) is 0 Å². The molecular formula is C21H30N2O6. The Hall–Kier alpha value is -2.61. The van der Waals surface area contributed by atoms with E-state index >= 15 is 0 Å². The largest absolute Gasteiger partial charge is 0.466 e. The molecular weight excluding hydrogens is 376 g/mol. The lowest BCUT2D eigenvalue weighted by molar-refractivity contribution is -0.163. The first-order chi connectivity index (χ1) is 13.7. The Bertz CT molecular complexity index is 757. The number of hydrogen-bond donors (Lipinski definition) is 2. The third kappa shape index (κ3) is 4.70. The molecule has 0 bridgehead atoms. The normalized spacial score (nSPS) is 28.1. The second-order valence-electron chi connectivity index (χ2n) is 7.60. The smallest absolute Gasteiger partial charge is 0.315 e. The van der Waals surface area contributed by atoms with Crippen LogP contribution in [-0.4, -0.2) is 60.9 Å². The Kier molecular flexibility index (Phi) is 7.24. The third-order valence-electron chi connectivity index (χ3n) is 5.29. The van der Waals surface area contributed by atoms with Crippen LogP contribution < -0.4 is 4.90 Å². The van der Waals surface area contributed by atoms with Crippen molar-refractivity contribution < 1.29 is 29.4 Å². The van der Waals surface area contributed by atoms with Crippen LogP contribution in [0.2, 0.25) is 0 Å². The highest BCUT2D eigenvalue weighted by atomic mass is 16.5. The number of aliphatic hydroxyl groups is 1. The number of anilines is 1. The zero-order valence-electron chi connectivity index (χ0n) is 17.6. The molecule has 8 heteroatoms. The zero-order chi connectivity index (χ0) is 21.8. The van der Waals surface area contributed by atoms with Gasteiger partial charge in [0.1, 0.15) is 5.92 Å². The van der Waals surface area contributed by atoms with Crippen molar-refractivity contribution in [1.82, 2.24) is 0 Å². The van der Waals surface area contributed by atoms with E-state index in [-0.39, 0.29) is 25.3 Å². The van der Waals surface area contributed by atoms with Crippen LogP contribution in [0.1, 0.15) is 38.7 Å². The molecule has 0 saturated heterocycles. The Morgan fingerprint density at radius 2 is 1.69 bits per heavy atom. The number of benzene rings is 1. The number of carbonyl (C=O) groups is 2. The molecule has 160 valence electrons. The third-order valence-corrected chi connectivity index (χ3v) is 5.29. The van der Waals surface area contributed by atoms with Gasteiger partial charge in [-0.1, -0.05) is 17.3 Å². The lowest BCUT2D eigenvalue weighted by Crippen LogP contribution is -2.55. The number of esters is 2. The van der Waals surface area contributed by atoms with Crippen molar-refractivity contribution in [3.63, 3.8) is 0 Å². The molecule has 0 amide bonds. The molecule has 0 spiro atoms. The first-order valence-corrected chi connectivity index (χ1v) is 9.71. The van der Waals surface area contributed by atoms with E-state index in [9.17, 15) is 19.9 Å². The fourth-order valence-electron chi connectivity index (χ4n) is 4.00. The van der Waals surface area contributed by atoms with Gasteiger partial charge in [-0.3, -0.25) is 9.59 Å². The van der Waals surface area contributed by atoms with Crippen LogP contribution in [0.3, 0.4) is 0 Å². The van der Waals surface area contributed by atoms with Crippen molar-refractivity contribution in [3.05, 3.63) is 29.8 Å². The van der Waals surface area contributed by atoms with Crippen molar-refractivity contribution >= 4 is 23.3 Å². The predicted octanol–water partition coefficient (Wildman–Crippen LogP) is 2.18. The van der Waals surface area contributed by atoms with Crippen LogP contribution in [0.5, 0.6) is 0 Å². The van der Waals surface area contributed by atoms with E-state index in [0.29, 0.717) is 5.56 Å². The van der Waals surface area contributed by atoms with E-state index in [0.717, 1.165) is 5.69 Å². The first kappa shape index (κ1) is 22.7. The fraction of sp³-hybridized carbons (Fsp3) is 0.571. The molecule has 1 aliphatic rings. The summed E-state index contributed by atoms with van der Waals surface area (Å²) in [5.74, 6) is -4.07. The summed E-state index contributed by atoms with van der Waals surface area (Å²) in [5.41, 5.74) is 0.0954. The molecule has 2 rings (SSSR count). The summed E-state index contributed by atoms with van der Waals surface area (Å²) in [5, 5.41) is 23.9. The minimum Gasteiger partial charge on any atom is -0.466 e. The van der Waals surface area contributed by atoms with Crippen molar-refractivity contribution in [3.8, 4) is 0 Å². The summed E-state index contributed by atoms with van der Waals surface area (Å²) in [7, 11) is 3.81. The van der Waals surface area contributed by atoms with Crippen LogP contribution in [-0.2, 0) is 19.1 Å². The average molecular weight is 406 g/mol. The van der Waals surface area contributed by atoms with Gasteiger partial charge in [-0.05, 0) is 38.5 Å². The standard InChI is InChI=1S/C21H30N2O6/c1-6-28-19(24)17-15(22-27)12-21(3,26)18(20(25)29-7-2)16(17)13-8-10-14(11-9-13)23(4)5/h8-11,16-18,26-27H,6-7,12H2,1-5H3/b22-15+/t16-,17-,18-,21+/m1/s1. The van der Waals surface area contributed by atoms with Crippen molar-refractivity contribution in [2.75, 3.05) is 32.2 Å². The Balaban J connectivity index is 2.65. The molecule has 0 heterocycles. The summed E-state index contributed by atoms with van der Waals surface area (Å²) in [6.45, 7) is 5.13. The van der Waals surface area contributed by atoms with Crippen LogP contribution >= 0.6 is 0 Å². The fourth-order valence-corrected chi connectivity index (χ4v) is 4.00. The second-order valence-corrected chi connectivity index (χ2v) is 7.60. The zero-order valence-corrected chi connectivity index (χ0v) is 17.6. The van der Waals surface area contributed by atoms with Gasteiger partial charge in [-0.25, -0.2) is 0 Å². The summed E-state index contributed by atoms with van der Waals surface area (Å²) >= 11 is 0. The van der Waals surface area contributed by atoms with Gasteiger partial charge >= 0.3 is 11.9 Å². The van der Waals surface area contributed by atoms with E-state index in [2.05, 4.69) is 5.16 Å². The van der Waals surface area contributed by atoms with Crippen LogP contribution in [0.25, 0.3) is 0 Å². The number of rotatable bonds is 6. The molecule has 0 aromatic heterocycles. The molecule has 4 atom stereocenters. The summed E-state index contributed by atoms with van der Waals surface area (Å²) in [4.78, 5) is 27.6. The highest BCUT2D eigenvalue weighted by Gasteiger charge is 2.56. The molecule has 1 aromatic rings. The molecule has 0 aliphatic heterocycles. The number of carbonyl (C=O) groups excluding carboxylic acids is 2. The number of hydrogen-bond acceptors (Lipinski definition) is 8. The molecule has 1 aromatic carbocycles. The molecule has 0 radical (unpaired) electrons. The molecule has 1 aliphatic carbocycles. The Morgan fingerprint density at radius 3 is 2.17 bits per heavy atom. The van der Waals surface area contributed by atoms with E-state index in [1.165, 1.54) is 6.92 Å². The molecule has 29 heavy (non-hydrogen) atoms. The SMILES string of the molecule is CCOC(=O)[C@@H]1/C(=N/O)C[C@](C)(O)[C@@H](C(=O)OCC)[C@@H]1c1ccc(N(C)C)cc1. The number of oxime groups is 1. The quantitative estimate of drug-likeness (QED) is 0.423. The summed E-state index contributed by atoms with van der Waals surface area (Å²) in [6.07, 6.45) is -0.150. The molecule has 1 fully saturated rings. The summed E-state index contributed by atoms with van der Waals surface area (Å²) < 4.78 is 10.4. The van der Waals surface area contributed by atoms with Crippen molar-refractivity contribution in [1.29, 1.82) is 0 Å². The van der Waals surface area contributed by atoms with Gasteiger partial charge in [0, 0.05) is 32.1 Å². The maximum atomic E-state index is 12.8. The highest BCUT2D eigenvalue weighted by Crippen LogP contribution is 2.47. The minimum absolute atomic E-state index is 0.0793. The maximum absolute atomic E-state index is 12.8. The maximum Gasteiger partial charge on any atom is 0.315 e. The van der Waals surface area contributed by atoms with Gasteiger partial charge < -0.3 is 24.7 Å². The Labute approximate surface area is 171 Å². The lowest BCUT2D eigenvalue weighted by Gasteiger charge is -2.44. The van der Waals surface area contributed by atoms with Crippen LogP contribution in [0, 0.1) is 11.8 Å². The second kappa shape index (κ2) is 9.26. The minimum atomic E-state index is -1.57. The van der Waals surface area contributed by atoms with E-state index in [1.807, 2.05) is 31.1 Å². The van der Waals surface area contributed by atoms with Crippen LogP contribution in [0.4, 0.5) is 5.69 Å². The van der Waals surface area contributed by atoms with Gasteiger partial charge in [-0.2, -0.15) is 0 Å². The van der Waals surface area contributed by atoms with Gasteiger partial charge in [0.2, 0.25) is 0 Å². The number of ether oxygens (including phenoxy) is 2. The molecule has 2 N–H and O–H groups in total. The van der Waals surface area contributed by atoms with Gasteiger partial charge in [0.05, 0.1) is 30.4 Å². The van der Waals surface area contributed by atoms with Crippen molar-refractivity contribution in [2.45, 2.75) is 38.7 Å². The average Bonchev–Trinajstić information content (AvgIpc) is 2.66. The topological polar surface area (TPSA) is 109 Å². The van der Waals surface area contributed by atoms with E-state index in [4.69, 9.17) is 9.47 Å².